The van der Waals surface area contributed by atoms with Crippen LogP contribution in [0.3, 0.4) is 0 Å². The molecule has 0 atom stereocenters. The fourth-order valence-corrected chi connectivity index (χ4v) is 5.10. The Morgan fingerprint density at radius 1 is 0.929 bits per heavy atom. The Morgan fingerprint density at radius 3 is 2.18 bits per heavy atom. The van der Waals surface area contributed by atoms with E-state index in [0.29, 0.717) is 23.9 Å². The first kappa shape index (κ1) is 21.0. The zero-order valence-corrected chi connectivity index (χ0v) is 17.9. The molecule has 1 saturated heterocycles. The van der Waals surface area contributed by atoms with Crippen molar-refractivity contribution < 1.29 is 8.42 Å². The maximum absolute atomic E-state index is 13.4. The summed E-state index contributed by atoms with van der Waals surface area (Å²) >= 11 is 0. The third-order valence-electron chi connectivity index (χ3n) is 5.50. The van der Waals surface area contributed by atoms with E-state index < -0.39 is 10.0 Å². The molecule has 28 heavy (non-hydrogen) atoms. The van der Waals surface area contributed by atoms with Crippen molar-refractivity contribution in [1.82, 2.24) is 9.21 Å². The van der Waals surface area contributed by atoms with Crippen LogP contribution in [0, 0.1) is 0 Å². The van der Waals surface area contributed by atoms with Gasteiger partial charge in [-0.15, -0.1) is 0 Å². The van der Waals surface area contributed by atoms with Crippen molar-refractivity contribution in [1.29, 1.82) is 0 Å². The maximum Gasteiger partial charge on any atom is 0.243 e. The molecule has 2 aromatic carbocycles. The molecule has 5 heteroatoms. The lowest BCUT2D eigenvalue weighted by atomic mass is 10.0. The van der Waals surface area contributed by atoms with E-state index in [1.807, 2.05) is 42.5 Å². The Balaban J connectivity index is 1.80. The molecule has 0 N–H and O–H groups in total. The van der Waals surface area contributed by atoms with E-state index >= 15 is 0 Å². The molecule has 0 aromatic heterocycles. The van der Waals surface area contributed by atoms with Gasteiger partial charge in [-0.25, -0.2) is 8.42 Å². The summed E-state index contributed by atoms with van der Waals surface area (Å²) in [6.07, 6.45) is 3.70. The summed E-state index contributed by atoms with van der Waals surface area (Å²) in [5, 5.41) is 0. The van der Waals surface area contributed by atoms with E-state index in [-0.39, 0.29) is 0 Å². The SMILES string of the molecule is CC(C)c1ccc(S(=O)(=O)N(CCN2CCCCC2)Cc2ccccc2)cc1. The Morgan fingerprint density at radius 2 is 1.57 bits per heavy atom. The highest BCUT2D eigenvalue weighted by Gasteiger charge is 2.25. The second-order valence-electron chi connectivity index (χ2n) is 7.95. The van der Waals surface area contributed by atoms with Gasteiger partial charge in [0, 0.05) is 19.6 Å². The van der Waals surface area contributed by atoms with Gasteiger partial charge in [0.05, 0.1) is 4.90 Å². The van der Waals surface area contributed by atoms with Crippen molar-refractivity contribution in [2.24, 2.45) is 0 Å². The first-order chi connectivity index (χ1) is 13.5. The van der Waals surface area contributed by atoms with Gasteiger partial charge in [-0.2, -0.15) is 4.31 Å². The van der Waals surface area contributed by atoms with E-state index in [2.05, 4.69) is 18.7 Å². The normalized spacial score (nSPS) is 16.0. The Kier molecular flexibility index (Phi) is 7.27. The summed E-state index contributed by atoms with van der Waals surface area (Å²) in [6.45, 7) is 8.08. The van der Waals surface area contributed by atoms with Gasteiger partial charge in [0.2, 0.25) is 10.0 Å². The summed E-state index contributed by atoms with van der Waals surface area (Å²) in [7, 11) is -3.54. The highest BCUT2D eigenvalue weighted by Crippen LogP contribution is 2.22. The lowest BCUT2D eigenvalue weighted by Crippen LogP contribution is -2.40. The summed E-state index contributed by atoms with van der Waals surface area (Å²) in [5.74, 6) is 0.385. The number of hydrogen-bond donors (Lipinski definition) is 0. The zero-order chi connectivity index (χ0) is 20.0. The molecular formula is C23H32N2O2S. The first-order valence-corrected chi connectivity index (χ1v) is 11.8. The van der Waals surface area contributed by atoms with Crippen molar-refractivity contribution in [3.63, 3.8) is 0 Å². The number of hydrogen-bond acceptors (Lipinski definition) is 3. The number of likely N-dealkylation sites (tertiary alicyclic amines) is 1. The second kappa shape index (κ2) is 9.68. The van der Waals surface area contributed by atoms with E-state index in [4.69, 9.17) is 0 Å². The minimum Gasteiger partial charge on any atom is -0.302 e. The summed E-state index contributed by atoms with van der Waals surface area (Å²) in [6, 6.07) is 17.2. The Bertz CT molecular complexity index is 827. The van der Waals surface area contributed by atoms with Gasteiger partial charge < -0.3 is 4.90 Å². The van der Waals surface area contributed by atoms with Crippen molar-refractivity contribution in [2.75, 3.05) is 26.2 Å². The minimum absolute atomic E-state index is 0.381. The molecule has 1 fully saturated rings. The third kappa shape index (κ3) is 5.43. The van der Waals surface area contributed by atoms with Crippen LogP contribution < -0.4 is 0 Å². The number of benzene rings is 2. The highest BCUT2D eigenvalue weighted by molar-refractivity contribution is 7.89. The van der Waals surface area contributed by atoms with E-state index in [0.717, 1.165) is 30.8 Å². The van der Waals surface area contributed by atoms with E-state index in [9.17, 15) is 8.42 Å². The molecule has 1 heterocycles. The third-order valence-corrected chi connectivity index (χ3v) is 7.36. The summed E-state index contributed by atoms with van der Waals surface area (Å²) < 4.78 is 28.4. The largest absolute Gasteiger partial charge is 0.302 e. The van der Waals surface area contributed by atoms with Crippen LogP contribution in [-0.2, 0) is 16.6 Å². The molecule has 0 amide bonds. The van der Waals surface area contributed by atoms with Crippen LogP contribution in [0.4, 0.5) is 0 Å². The fourth-order valence-electron chi connectivity index (χ4n) is 3.68. The summed E-state index contributed by atoms with van der Waals surface area (Å²) in [4.78, 5) is 2.77. The molecule has 2 aromatic rings. The average molecular weight is 401 g/mol. The van der Waals surface area contributed by atoms with Crippen LogP contribution in [0.15, 0.2) is 59.5 Å². The molecule has 0 saturated carbocycles. The quantitative estimate of drug-likeness (QED) is 0.656. The van der Waals surface area contributed by atoms with Gasteiger partial charge in [-0.05, 0) is 55.1 Å². The van der Waals surface area contributed by atoms with Crippen LogP contribution in [-0.4, -0.2) is 43.8 Å². The van der Waals surface area contributed by atoms with Crippen molar-refractivity contribution >= 4 is 10.0 Å². The van der Waals surface area contributed by atoms with Crippen molar-refractivity contribution in [3.05, 3.63) is 65.7 Å². The number of nitrogens with zero attached hydrogens (tertiary/aromatic N) is 2. The topological polar surface area (TPSA) is 40.6 Å². The molecule has 0 radical (unpaired) electrons. The standard InChI is InChI=1S/C23H32N2O2S/c1-20(2)22-11-13-23(14-12-22)28(26,27)25(19-21-9-5-3-6-10-21)18-17-24-15-7-4-8-16-24/h3,5-6,9-14,20H,4,7-8,15-19H2,1-2H3. The van der Waals surface area contributed by atoms with Crippen LogP contribution in [0.5, 0.6) is 0 Å². The van der Waals surface area contributed by atoms with Gasteiger partial charge in [-0.1, -0.05) is 62.7 Å². The number of sulfonamides is 1. The number of piperidine rings is 1. The molecular weight excluding hydrogens is 368 g/mol. The predicted molar refractivity (Wildman–Crippen MR) is 115 cm³/mol. The highest BCUT2D eigenvalue weighted by atomic mass is 32.2. The maximum atomic E-state index is 13.4. The average Bonchev–Trinajstić information content (AvgIpc) is 2.72. The zero-order valence-electron chi connectivity index (χ0n) is 17.0. The summed E-state index contributed by atoms with van der Waals surface area (Å²) in [5.41, 5.74) is 2.17. The van der Waals surface area contributed by atoms with Crippen LogP contribution in [0.1, 0.15) is 50.2 Å². The second-order valence-corrected chi connectivity index (χ2v) is 9.89. The molecule has 1 aliphatic heterocycles. The molecule has 0 aliphatic carbocycles. The van der Waals surface area contributed by atoms with E-state index in [1.54, 1.807) is 16.4 Å². The molecule has 1 aliphatic rings. The predicted octanol–water partition coefficient (Wildman–Crippen LogP) is 4.49. The van der Waals surface area contributed by atoms with Crippen LogP contribution >= 0.6 is 0 Å². The monoisotopic (exact) mass is 400 g/mol. The van der Waals surface area contributed by atoms with Crippen molar-refractivity contribution in [3.8, 4) is 0 Å². The van der Waals surface area contributed by atoms with Crippen molar-refractivity contribution in [2.45, 2.75) is 50.5 Å². The molecule has 0 unspecified atom stereocenters. The molecule has 4 nitrogen and oxygen atoms in total. The lowest BCUT2D eigenvalue weighted by molar-refractivity contribution is 0.211. The van der Waals surface area contributed by atoms with E-state index in [1.165, 1.54) is 19.3 Å². The fraction of sp³-hybridized carbons (Fsp3) is 0.478. The molecule has 152 valence electrons. The van der Waals surface area contributed by atoms with Gasteiger partial charge in [0.1, 0.15) is 0 Å². The molecule has 0 bridgehead atoms. The first-order valence-electron chi connectivity index (χ1n) is 10.3. The molecule has 3 rings (SSSR count). The van der Waals surface area contributed by atoms with Gasteiger partial charge in [0.25, 0.3) is 0 Å². The Hall–Kier alpha value is -1.69. The van der Waals surface area contributed by atoms with Crippen LogP contribution in [0.2, 0.25) is 0 Å². The van der Waals surface area contributed by atoms with Gasteiger partial charge in [-0.3, -0.25) is 0 Å². The Labute approximate surface area is 170 Å². The molecule has 0 spiro atoms. The minimum atomic E-state index is -3.54. The van der Waals surface area contributed by atoms with Crippen LogP contribution in [0.25, 0.3) is 0 Å². The lowest BCUT2D eigenvalue weighted by Gasteiger charge is -2.30. The smallest absolute Gasteiger partial charge is 0.243 e. The van der Waals surface area contributed by atoms with Gasteiger partial charge >= 0.3 is 0 Å². The number of rotatable bonds is 8. The van der Waals surface area contributed by atoms with Gasteiger partial charge in [0.15, 0.2) is 0 Å².